The summed E-state index contributed by atoms with van der Waals surface area (Å²) < 4.78 is 51.4. The highest BCUT2D eigenvalue weighted by Crippen LogP contribution is 2.15. The van der Waals surface area contributed by atoms with Crippen LogP contribution in [0.1, 0.15) is 15.9 Å². The van der Waals surface area contributed by atoms with Gasteiger partial charge in [0.25, 0.3) is 5.91 Å². The lowest BCUT2D eigenvalue weighted by Gasteiger charge is -2.08. The minimum atomic E-state index is -3.38. The quantitative estimate of drug-likeness (QED) is 0.814. The Morgan fingerprint density at radius 2 is 1.84 bits per heavy atom. The average Bonchev–Trinajstić information content (AvgIpc) is 2.55. The number of ether oxygens (including phenoxy) is 1. The van der Waals surface area contributed by atoms with Crippen molar-refractivity contribution in [2.24, 2.45) is 0 Å². The number of benzene rings is 2. The first-order valence-corrected chi connectivity index (χ1v) is 9.27. The second-order valence-electron chi connectivity index (χ2n) is 5.33. The lowest BCUT2D eigenvalue weighted by atomic mass is 10.1. The van der Waals surface area contributed by atoms with Gasteiger partial charge < -0.3 is 10.1 Å². The Hall–Kier alpha value is -2.48. The topological polar surface area (TPSA) is 72.5 Å². The normalized spacial score (nSPS) is 11.4. The van der Waals surface area contributed by atoms with Gasteiger partial charge in [-0.1, -0.05) is 18.2 Å². The van der Waals surface area contributed by atoms with Gasteiger partial charge in [0, 0.05) is 18.4 Å². The van der Waals surface area contributed by atoms with Gasteiger partial charge >= 0.3 is 6.61 Å². The van der Waals surface area contributed by atoms with Crippen LogP contribution in [0.25, 0.3) is 0 Å². The van der Waals surface area contributed by atoms with E-state index in [2.05, 4.69) is 10.1 Å². The number of alkyl halides is 2. The molecule has 134 valence electrons. The van der Waals surface area contributed by atoms with Crippen LogP contribution in [0, 0.1) is 0 Å². The summed E-state index contributed by atoms with van der Waals surface area (Å²) in [5.74, 6) is -0.316. The fourth-order valence-corrected chi connectivity index (χ4v) is 2.79. The largest absolute Gasteiger partial charge is 0.435 e. The summed E-state index contributed by atoms with van der Waals surface area (Å²) in [7, 11) is -3.38. The van der Waals surface area contributed by atoms with Gasteiger partial charge in [0.1, 0.15) is 5.75 Å². The second kappa shape index (κ2) is 8.06. The third kappa shape index (κ3) is 5.82. The monoisotopic (exact) mass is 369 g/mol. The van der Waals surface area contributed by atoms with Crippen molar-refractivity contribution < 1.29 is 26.7 Å². The molecule has 2 aromatic carbocycles. The van der Waals surface area contributed by atoms with Crippen molar-refractivity contribution in [2.75, 3.05) is 12.8 Å². The number of carbonyl (C=O) groups is 1. The molecule has 0 radical (unpaired) electrons. The van der Waals surface area contributed by atoms with Crippen LogP contribution in [-0.2, 0) is 16.3 Å². The van der Waals surface area contributed by atoms with Crippen molar-refractivity contribution in [3.63, 3.8) is 0 Å². The summed E-state index contributed by atoms with van der Waals surface area (Å²) in [6.07, 6.45) is 1.57. The van der Waals surface area contributed by atoms with E-state index in [0.717, 1.165) is 11.8 Å². The first-order valence-electron chi connectivity index (χ1n) is 7.38. The molecule has 0 atom stereocenters. The molecule has 0 aromatic heterocycles. The third-order valence-corrected chi connectivity index (χ3v) is 4.48. The molecule has 1 amide bonds. The molecule has 0 aliphatic carbocycles. The number of hydrogen-bond acceptors (Lipinski definition) is 4. The smallest absolute Gasteiger partial charge is 0.387 e. The van der Waals surface area contributed by atoms with Crippen LogP contribution >= 0.6 is 0 Å². The zero-order valence-electron chi connectivity index (χ0n) is 13.4. The minimum Gasteiger partial charge on any atom is -0.435 e. The number of rotatable bonds is 7. The van der Waals surface area contributed by atoms with Gasteiger partial charge in [-0.3, -0.25) is 4.79 Å². The summed E-state index contributed by atoms with van der Waals surface area (Å²) in [5, 5.41) is 2.69. The van der Waals surface area contributed by atoms with Gasteiger partial charge in [-0.05, 0) is 42.3 Å². The fraction of sp³-hybridized carbons (Fsp3) is 0.235. The van der Waals surface area contributed by atoms with Crippen LogP contribution in [0.3, 0.4) is 0 Å². The molecular formula is C17H17F2NO4S. The first kappa shape index (κ1) is 18.9. The predicted molar refractivity (Wildman–Crippen MR) is 88.7 cm³/mol. The molecule has 0 unspecified atom stereocenters. The number of nitrogens with one attached hydrogen (secondary N) is 1. The molecule has 1 N–H and O–H groups in total. The molecule has 0 fully saturated rings. The molecule has 2 aromatic rings. The van der Waals surface area contributed by atoms with Gasteiger partial charge in [-0.2, -0.15) is 8.78 Å². The molecular weight excluding hydrogens is 352 g/mol. The Labute approximate surface area is 144 Å². The SMILES string of the molecule is CS(=O)(=O)c1cccc(C(=O)NCCc2ccc(OC(F)F)cc2)c1. The summed E-state index contributed by atoms with van der Waals surface area (Å²) in [4.78, 5) is 12.2. The van der Waals surface area contributed by atoms with Crippen molar-refractivity contribution in [1.82, 2.24) is 5.32 Å². The van der Waals surface area contributed by atoms with Gasteiger partial charge in [0.15, 0.2) is 9.84 Å². The zero-order valence-corrected chi connectivity index (χ0v) is 14.2. The van der Waals surface area contributed by atoms with E-state index in [1.807, 2.05) is 0 Å². The highest BCUT2D eigenvalue weighted by atomic mass is 32.2. The van der Waals surface area contributed by atoms with E-state index in [1.54, 1.807) is 12.1 Å². The molecule has 0 aliphatic rings. The van der Waals surface area contributed by atoms with Crippen molar-refractivity contribution in [3.8, 4) is 5.75 Å². The summed E-state index contributed by atoms with van der Waals surface area (Å²) >= 11 is 0. The highest BCUT2D eigenvalue weighted by Gasteiger charge is 2.11. The van der Waals surface area contributed by atoms with Crippen molar-refractivity contribution in [3.05, 3.63) is 59.7 Å². The van der Waals surface area contributed by atoms with Crippen LogP contribution in [-0.4, -0.2) is 33.7 Å². The lowest BCUT2D eigenvalue weighted by Crippen LogP contribution is -2.25. The van der Waals surface area contributed by atoms with E-state index in [1.165, 1.54) is 36.4 Å². The van der Waals surface area contributed by atoms with E-state index >= 15 is 0 Å². The van der Waals surface area contributed by atoms with Crippen LogP contribution < -0.4 is 10.1 Å². The van der Waals surface area contributed by atoms with Crippen LogP contribution in [0.4, 0.5) is 8.78 Å². The Bertz CT molecular complexity index is 836. The van der Waals surface area contributed by atoms with E-state index in [4.69, 9.17) is 0 Å². The van der Waals surface area contributed by atoms with Gasteiger partial charge in [-0.15, -0.1) is 0 Å². The molecule has 2 rings (SSSR count). The molecule has 0 bridgehead atoms. The number of amides is 1. The molecule has 8 heteroatoms. The van der Waals surface area contributed by atoms with Crippen LogP contribution in [0.15, 0.2) is 53.4 Å². The second-order valence-corrected chi connectivity index (χ2v) is 7.34. The fourth-order valence-electron chi connectivity index (χ4n) is 2.13. The summed E-state index contributed by atoms with van der Waals surface area (Å²) in [6.45, 7) is -2.55. The average molecular weight is 369 g/mol. The van der Waals surface area contributed by atoms with E-state index < -0.39 is 16.4 Å². The third-order valence-electron chi connectivity index (χ3n) is 3.37. The maximum Gasteiger partial charge on any atom is 0.387 e. The summed E-state index contributed by atoms with van der Waals surface area (Å²) in [6, 6.07) is 11.9. The zero-order chi connectivity index (χ0) is 18.4. The summed E-state index contributed by atoms with van der Waals surface area (Å²) in [5.41, 5.74) is 1.09. The molecule has 0 heterocycles. The number of halogens is 2. The molecule has 0 saturated heterocycles. The van der Waals surface area contributed by atoms with Gasteiger partial charge in [0.05, 0.1) is 4.90 Å². The van der Waals surface area contributed by atoms with Gasteiger partial charge in [-0.25, -0.2) is 8.42 Å². The number of carbonyl (C=O) groups excluding carboxylic acids is 1. The van der Waals surface area contributed by atoms with Crippen LogP contribution in [0.5, 0.6) is 5.75 Å². The van der Waals surface area contributed by atoms with Crippen molar-refractivity contribution in [2.45, 2.75) is 17.9 Å². The Morgan fingerprint density at radius 3 is 2.44 bits per heavy atom. The molecule has 0 saturated carbocycles. The van der Waals surface area contributed by atoms with Gasteiger partial charge in [0.2, 0.25) is 0 Å². The van der Waals surface area contributed by atoms with Crippen molar-refractivity contribution >= 4 is 15.7 Å². The van der Waals surface area contributed by atoms with Crippen molar-refractivity contribution in [1.29, 1.82) is 0 Å². The Morgan fingerprint density at radius 1 is 1.16 bits per heavy atom. The molecule has 25 heavy (non-hydrogen) atoms. The minimum absolute atomic E-state index is 0.0698. The maximum absolute atomic E-state index is 12.1. The number of sulfone groups is 1. The van der Waals surface area contributed by atoms with Crippen LogP contribution in [0.2, 0.25) is 0 Å². The Kier molecular flexibility index (Phi) is 6.08. The predicted octanol–water partition coefficient (Wildman–Crippen LogP) is 2.66. The van der Waals surface area contributed by atoms with E-state index in [0.29, 0.717) is 13.0 Å². The number of hydrogen-bond donors (Lipinski definition) is 1. The lowest BCUT2D eigenvalue weighted by molar-refractivity contribution is -0.0498. The standard InChI is InChI=1S/C17H17F2NO4S/c1-25(22,23)15-4-2-3-13(11-15)16(21)20-10-9-12-5-7-14(8-6-12)24-17(18)19/h2-8,11,17H,9-10H2,1H3,(H,20,21). The Balaban J connectivity index is 1.90. The molecule has 5 nitrogen and oxygen atoms in total. The van der Waals surface area contributed by atoms with E-state index in [-0.39, 0.29) is 22.1 Å². The molecule has 0 spiro atoms. The van der Waals surface area contributed by atoms with E-state index in [9.17, 15) is 22.0 Å². The maximum atomic E-state index is 12.1. The highest BCUT2D eigenvalue weighted by molar-refractivity contribution is 7.90. The first-order chi connectivity index (χ1) is 11.8. The molecule has 0 aliphatic heterocycles.